The SMILES string of the molecule is C=Cc1c(C)c2cc3nc(c(CC(=O)N(C)CCCC)c4nc(cc5[nH]c(cc1[nH]2)c(C)c5CC)C(C)=C4C(=O)O)CC3C. The third-order valence-electron chi connectivity index (χ3n) is 9.18. The van der Waals surface area contributed by atoms with E-state index in [0.29, 0.717) is 41.2 Å². The molecule has 0 aromatic carbocycles. The van der Waals surface area contributed by atoms with Crippen LogP contribution in [0.2, 0.25) is 0 Å². The summed E-state index contributed by atoms with van der Waals surface area (Å²) in [5, 5.41) is 10.5. The average Bonchev–Trinajstić information content (AvgIpc) is 3.68. The normalized spacial score (nSPS) is 14.7. The summed E-state index contributed by atoms with van der Waals surface area (Å²) in [7, 11) is 1.80. The van der Waals surface area contributed by atoms with E-state index in [4.69, 9.17) is 9.97 Å². The Hall–Kier alpha value is -4.46. The van der Waals surface area contributed by atoms with Gasteiger partial charge in [-0.1, -0.05) is 39.8 Å². The Labute approximate surface area is 259 Å². The number of carboxylic acids is 1. The number of aromatic nitrogens is 4. The zero-order chi connectivity index (χ0) is 31.9. The van der Waals surface area contributed by atoms with Crippen LogP contribution in [0.3, 0.4) is 0 Å². The summed E-state index contributed by atoms with van der Waals surface area (Å²) in [6.45, 7) is 17.0. The maximum Gasteiger partial charge on any atom is 0.338 e. The van der Waals surface area contributed by atoms with Crippen LogP contribution in [0, 0.1) is 13.8 Å². The Morgan fingerprint density at radius 1 is 1.02 bits per heavy atom. The summed E-state index contributed by atoms with van der Waals surface area (Å²) in [6.07, 6.45) is 5.16. The Morgan fingerprint density at radius 2 is 1.73 bits per heavy atom. The van der Waals surface area contributed by atoms with Gasteiger partial charge in [0.05, 0.1) is 23.4 Å². The van der Waals surface area contributed by atoms with Crippen LogP contribution in [0.4, 0.5) is 0 Å². The lowest BCUT2D eigenvalue weighted by Gasteiger charge is -2.18. The molecule has 3 aromatic rings. The van der Waals surface area contributed by atoms with Gasteiger partial charge in [0.15, 0.2) is 0 Å². The molecule has 0 radical (unpaired) electrons. The molecule has 3 aromatic heterocycles. The van der Waals surface area contributed by atoms with Gasteiger partial charge in [0.2, 0.25) is 5.91 Å². The fourth-order valence-electron chi connectivity index (χ4n) is 6.39. The number of unbranched alkanes of at least 4 members (excludes halogenated alkanes) is 1. The molecule has 8 bridgehead atoms. The number of nitrogens with zero attached hydrogens (tertiary/aromatic N) is 3. The van der Waals surface area contributed by atoms with Crippen molar-refractivity contribution in [2.45, 2.75) is 79.6 Å². The number of carbonyl (C=O) groups is 2. The molecule has 2 aliphatic heterocycles. The number of aryl methyl sites for hydroxylation is 3. The highest BCUT2D eigenvalue weighted by Gasteiger charge is 2.30. The molecule has 0 fully saturated rings. The van der Waals surface area contributed by atoms with Gasteiger partial charge in [-0.3, -0.25) is 9.78 Å². The van der Waals surface area contributed by atoms with Crippen molar-refractivity contribution in [2.24, 2.45) is 0 Å². The first-order chi connectivity index (χ1) is 21.0. The number of amides is 1. The Kier molecular flexibility index (Phi) is 8.64. The standard InChI is InChI=1S/C36H43N5O3/c1-9-12-13-41(8)33(42)15-25-30-14-19(4)26(37-30)16-27-20(5)23(10-2)31(38-27)17-28-21(6)24(11-3)32(39-28)18-29-22(7)34(36(43)44)35(25)40-29/h10,16-19,38-39H,2,9,11-15H2,1,3-8H3,(H,43,44). The van der Waals surface area contributed by atoms with Crippen LogP contribution >= 0.6 is 0 Å². The van der Waals surface area contributed by atoms with Crippen LogP contribution in [0.5, 0.6) is 0 Å². The number of allylic oxidation sites excluding steroid dienone is 1. The minimum absolute atomic E-state index is 0.0302. The second-order valence-electron chi connectivity index (χ2n) is 12.1. The van der Waals surface area contributed by atoms with Gasteiger partial charge in [0, 0.05) is 64.1 Å². The van der Waals surface area contributed by atoms with Gasteiger partial charge < -0.3 is 20.0 Å². The molecule has 44 heavy (non-hydrogen) atoms. The molecule has 0 saturated carbocycles. The summed E-state index contributed by atoms with van der Waals surface area (Å²) >= 11 is 0. The summed E-state index contributed by atoms with van der Waals surface area (Å²) < 4.78 is 0. The predicted molar refractivity (Wildman–Crippen MR) is 178 cm³/mol. The Bertz CT molecular complexity index is 1870. The smallest absolute Gasteiger partial charge is 0.338 e. The average molecular weight is 594 g/mol. The number of rotatable bonds is 8. The van der Waals surface area contributed by atoms with Crippen molar-refractivity contribution < 1.29 is 14.7 Å². The van der Waals surface area contributed by atoms with E-state index in [2.05, 4.69) is 63.3 Å². The molecule has 2 aliphatic rings. The molecule has 0 saturated heterocycles. The number of carbonyl (C=O) groups excluding carboxylic acids is 1. The van der Waals surface area contributed by atoms with Gasteiger partial charge in [-0.25, -0.2) is 9.78 Å². The topological polar surface area (TPSA) is 115 Å². The van der Waals surface area contributed by atoms with Crippen LogP contribution in [0.1, 0.15) is 97.0 Å². The highest BCUT2D eigenvalue weighted by molar-refractivity contribution is 6.24. The minimum atomic E-state index is -1.06. The van der Waals surface area contributed by atoms with E-state index in [9.17, 15) is 14.7 Å². The first kappa shape index (κ1) is 31.0. The Morgan fingerprint density at radius 3 is 2.39 bits per heavy atom. The van der Waals surface area contributed by atoms with E-state index in [-0.39, 0.29) is 23.8 Å². The van der Waals surface area contributed by atoms with Crippen molar-refractivity contribution in [2.75, 3.05) is 13.6 Å². The number of H-pyrrole nitrogens is 2. The number of fused-ring (bicyclic) bond motifs is 8. The molecule has 230 valence electrons. The zero-order valence-electron chi connectivity index (χ0n) is 26.9. The van der Waals surface area contributed by atoms with Gasteiger partial charge in [-0.15, -0.1) is 0 Å². The number of hydrogen-bond donors (Lipinski definition) is 3. The van der Waals surface area contributed by atoms with Gasteiger partial charge in [0.25, 0.3) is 0 Å². The third kappa shape index (κ3) is 5.49. The first-order valence-corrected chi connectivity index (χ1v) is 15.5. The van der Waals surface area contributed by atoms with Crippen LogP contribution in [-0.4, -0.2) is 55.4 Å². The second-order valence-corrected chi connectivity index (χ2v) is 12.1. The molecule has 1 atom stereocenters. The number of hydrogen-bond acceptors (Lipinski definition) is 4. The lowest BCUT2D eigenvalue weighted by atomic mass is 9.96. The highest BCUT2D eigenvalue weighted by atomic mass is 16.4. The van der Waals surface area contributed by atoms with Crippen LogP contribution in [0.25, 0.3) is 39.3 Å². The molecule has 1 unspecified atom stereocenters. The molecule has 8 nitrogen and oxygen atoms in total. The molecule has 8 heteroatoms. The summed E-state index contributed by atoms with van der Waals surface area (Å²) in [5.74, 6) is -1.07. The number of carboxylic acid groups (broad SMARTS) is 1. The van der Waals surface area contributed by atoms with Crippen molar-refractivity contribution in [3.63, 3.8) is 0 Å². The molecule has 0 aliphatic carbocycles. The van der Waals surface area contributed by atoms with E-state index in [1.54, 1.807) is 18.9 Å². The van der Waals surface area contributed by atoms with Gasteiger partial charge in [-0.2, -0.15) is 0 Å². The van der Waals surface area contributed by atoms with Crippen LogP contribution in [0.15, 0.2) is 24.8 Å². The predicted octanol–water partition coefficient (Wildman–Crippen LogP) is 7.30. The molecule has 5 heterocycles. The number of aromatic amines is 2. The molecule has 1 amide bonds. The fraction of sp³-hybridized carbons (Fsp3) is 0.389. The summed E-state index contributed by atoms with van der Waals surface area (Å²) in [5.41, 5.74) is 11.9. The second kappa shape index (κ2) is 12.3. The maximum absolute atomic E-state index is 13.5. The van der Waals surface area contributed by atoms with Gasteiger partial charge >= 0.3 is 5.97 Å². The highest BCUT2D eigenvalue weighted by Crippen LogP contribution is 2.36. The van der Waals surface area contributed by atoms with Crippen molar-refractivity contribution in [1.29, 1.82) is 0 Å². The minimum Gasteiger partial charge on any atom is -0.478 e. The molecule has 5 rings (SSSR count). The van der Waals surface area contributed by atoms with E-state index in [1.165, 1.54) is 0 Å². The van der Waals surface area contributed by atoms with Crippen molar-refractivity contribution in [3.05, 3.63) is 75.4 Å². The van der Waals surface area contributed by atoms with Crippen LogP contribution < -0.4 is 0 Å². The van der Waals surface area contributed by atoms with E-state index < -0.39 is 5.97 Å². The summed E-state index contributed by atoms with van der Waals surface area (Å²) in [4.78, 5) is 45.3. The summed E-state index contributed by atoms with van der Waals surface area (Å²) in [6, 6.07) is 6.13. The van der Waals surface area contributed by atoms with E-state index in [1.807, 2.05) is 12.1 Å². The van der Waals surface area contributed by atoms with E-state index >= 15 is 0 Å². The zero-order valence-corrected chi connectivity index (χ0v) is 26.9. The van der Waals surface area contributed by atoms with Crippen molar-refractivity contribution in [1.82, 2.24) is 24.8 Å². The number of nitrogens with one attached hydrogen (secondary N) is 2. The maximum atomic E-state index is 13.5. The Balaban J connectivity index is 1.94. The lowest BCUT2D eigenvalue weighted by molar-refractivity contribution is -0.131. The molecule has 0 spiro atoms. The van der Waals surface area contributed by atoms with Crippen molar-refractivity contribution in [3.8, 4) is 0 Å². The molecular formula is C36H43N5O3. The van der Waals surface area contributed by atoms with Crippen molar-refractivity contribution >= 4 is 51.2 Å². The number of likely N-dealkylation sites (N-methyl/N-ethyl adjacent to an activating group) is 1. The largest absolute Gasteiger partial charge is 0.478 e. The quantitative estimate of drug-likeness (QED) is 0.254. The van der Waals surface area contributed by atoms with E-state index in [0.717, 1.165) is 69.3 Å². The van der Waals surface area contributed by atoms with Crippen LogP contribution in [-0.2, 0) is 28.9 Å². The molecular weight excluding hydrogens is 550 g/mol. The monoisotopic (exact) mass is 593 g/mol. The first-order valence-electron chi connectivity index (χ1n) is 15.5. The fourth-order valence-corrected chi connectivity index (χ4v) is 6.39. The van der Waals surface area contributed by atoms with Gasteiger partial charge in [0.1, 0.15) is 0 Å². The molecule has 3 N–H and O–H groups in total. The third-order valence-corrected chi connectivity index (χ3v) is 9.18. The van der Waals surface area contributed by atoms with Gasteiger partial charge in [-0.05, 0) is 80.5 Å². The lowest BCUT2D eigenvalue weighted by Crippen LogP contribution is -2.29. The number of aliphatic carboxylic acids is 1.